The molecule has 2 nitrogen and oxygen atoms in total. The van der Waals surface area contributed by atoms with Crippen molar-refractivity contribution in [3.8, 4) is 0 Å². The average Bonchev–Trinajstić information content (AvgIpc) is 2.67. The first-order valence-corrected chi connectivity index (χ1v) is 7.29. The molecular formula is C12H16BrNOS. The second-order valence-electron chi connectivity index (χ2n) is 4.59. The number of thiophene rings is 1. The summed E-state index contributed by atoms with van der Waals surface area (Å²) in [5.74, 6) is 1.52. The number of amides is 1. The van der Waals surface area contributed by atoms with Crippen molar-refractivity contribution in [3.05, 3.63) is 20.8 Å². The molecule has 1 aliphatic heterocycles. The number of hydrogen-bond donors (Lipinski definition) is 0. The highest BCUT2D eigenvalue weighted by Crippen LogP contribution is 2.28. The van der Waals surface area contributed by atoms with E-state index < -0.39 is 0 Å². The first-order valence-electron chi connectivity index (χ1n) is 5.62. The number of likely N-dealkylation sites (tertiary alicyclic amines) is 1. The van der Waals surface area contributed by atoms with Gasteiger partial charge < -0.3 is 4.90 Å². The van der Waals surface area contributed by atoms with Gasteiger partial charge >= 0.3 is 0 Å². The van der Waals surface area contributed by atoms with E-state index in [2.05, 4.69) is 29.8 Å². The van der Waals surface area contributed by atoms with Gasteiger partial charge in [-0.1, -0.05) is 13.8 Å². The zero-order valence-electron chi connectivity index (χ0n) is 9.57. The topological polar surface area (TPSA) is 20.3 Å². The van der Waals surface area contributed by atoms with Crippen LogP contribution in [-0.4, -0.2) is 23.9 Å². The molecule has 2 heterocycles. The van der Waals surface area contributed by atoms with Crippen LogP contribution in [0.15, 0.2) is 15.9 Å². The van der Waals surface area contributed by atoms with E-state index in [1.807, 2.05) is 16.3 Å². The van der Waals surface area contributed by atoms with Gasteiger partial charge in [0.25, 0.3) is 5.91 Å². The molecule has 0 N–H and O–H groups in total. The second kappa shape index (κ2) is 4.88. The summed E-state index contributed by atoms with van der Waals surface area (Å²) in [5.41, 5.74) is 0. The molecule has 1 aliphatic rings. The monoisotopic (exact) mass is 301 g/mol. The van der Waals surface area contributed by atoms with Crippen LogP contribution in [0.4, 0.5) is 0 Å². The van der Waals surface area contributed by atoms with Crippen molar-refractivity contribution in [2.24, 2.45) is 11.8 Å². The SMILES string of the molecule is CC1CCN(C(=O)c2sccc2Br)CC1C. The van der Waals surface area contributed by atoms with E-state index in [-0.39, 0.29) is 5.91 Å². The highest BCUT2D eigenvalue weighted by molar-refractivity contribution is 9.10. The molecule has 4 heteroatoms. The summed E-state index contributed by atoms with van der Waals surface area (Å²) < 4.78 is 0.925. The van der Waals surface area contributed by atoms with Gasteiger partial charge in [-0.05, 0) is 45.6 Å². The van der Waals surface area contributed by atoms with Gasteiger partial charge in [0.1, 0.15) is 4.88 Å². The standard InChI is InChI=1S/C12H16BrNOS/c1-8-3-5-14(7-9(8)2)12(15)11-10(13)4-6-16-11/h4,6,8-9H,3,5,7H2,1-2H3. The summed E-state index contributed by atoms with van der Waals surface area (Å²) in [6.45, 7) is 6.29. The molecule has 0 aliphatic carbocycles. The summed E-state index contributed by atoms with van der Waals surface area (Å²) in [5, 5.41) is 1.95. The van der Waals surface area contributed by atoms with Crippen LogP contribution in [0.3, 0.4) is 0 Å². The van der Waals surface area contributed by atoms with Gasteiger partial charge in [-0.2, -0.15) is 0 Å². The Hall–Kier alpha value is -0.350. The molecule has 2 atom stereocenters. The molecule has 0 radical (unpaired) electrons. The maximum atomic E-state index is 12.2. The third-order valence-corrected chi connectivity index (χ3v) is 5.26. The molecular weight excluding hydrogens is 286 g/mol. The highest BCUT2D eigenvalue weighted by Gasteiger charge is 2.27. The van der Waals surface area contributed by atoms with E-state index in [0.29, 0.717) is 5.92 Å². The fraction of sp³-hybridized carbons (Fsp3) is 0.583. The van der Waals surface area contributed by atoms with Crippen molar-refractivity contribution < 1.29 is 4.79 Å². The van der Waals surface area contributed by atoms with Crippen LogP contribution in [0, 0.1) is 11.8 Å². The lowest BCUT2D eigenvalue weighted by Gasteiger charge is -2.35. The van der Waals surface area contributed by atoms with Crippen LogP contribution < -0.4 is 0 Å². The van der Waals surface area contributed by atoms with E-state index in [1.54, 1.807) is 0 Å². The minimum Gasteiger partial charge on any atom is -0.338 e. The number of nitrogens with zero attached hydrogens (tertiary/aromatic N) is 1. The summed E-state index contributed by atoms with van der Waals surface area (Å²) in [6, 6.07) is 1.94. The minimum atomic E-state index is 0.181. The average molecular weight is 302 g/mol. The first-order chi connectivity index (χ1) is 7.59. The first kappa shape index (κ1) is 12.1. The Morgan fingerprint density at radius 2 is 2.25 bits per heavy atom. The number of rotatable bonds is 1. The highest BCUT2D eigenvalue weighted by atomic mass is 79.9. The Bertz CT molecular complexity index is 390. The second-order valence-corrected chi connectivity index (χ2v) is 6.36. The predicted molar refractivity (Wildman–Crippen MR) is 70.9 cm³/mol. The molecule has 1 saturated heterocycles. The van der Waals surface area contributed by atoms with Gasteiger partial charge in [0.05, 0.1) is 0 Å². The number of piperidine rings is 1. The van der Waals surface area contributed by atoms with Gasteiger partial charge in [-0.3, -0.25) is 4.79 Å². The maximum absolute atomic E-state index is 12.2. The zero-order chi connectivity index (χ0) is 11.7. The fourth-order valence-electron chi connectivity index (χ4n) is 2.04. The van der Waals surface area contributed by atoms with Gasteiger partial charge in [0.2, 0.25) is 0 Å². The predicted octanol–water partition coefficient (Wildman–Crippen LogP) is 3.63. The van der Waals surface area contributed by atoms with E-state index in [0.717, 1.165) is 34.8 Å². The lowest BCUT2D eigenvalue weighted by Crippen LogP contribution is -2.42. The van der Waals surface area contributed by atoms with Gasteiger partial charge in [0, 0.05) is 17.6 Å². The summed E-state index contributed by atoms with van der Waals surface area (Å²) in [4.78, 5) is 15.1. The number of carbonyl (C=O) groups is 1. The Balaban J connectivity index is 2.09. The van der Waals surface area contributed by atoms with Gasteiger partial charge in [-0.15, -0.1) is 11.3 Å². The molecule has 1 amide bonds. The maximum Gasteiger partial charge on any atom is 0.265 e. The Kier molecular flexibility index (Phi) is 3.70. The third kappa shape index (κ3) is 2.33. The van der Waals surface area contributed by atoms with Crippen molar-refractivity contribution in [1.82, 2.24) is 4.90 Å². The van der Waals surface area contributed by atoms with Crippen LogP contribution in [0.5, 0.6) is 0 Å². The van der Waals surface area contributed by atoms with Crippen LogP contribution in [-0.2, 0) is 0 Å². The Morgan fingerprint density at radius 3 is 2.81 bits per heavy atom. The smallest absolute Gasteiger partial charge is 0.265 e. The number of carbonyl (C=O) groups excluding carboxylic acids is 1. The lowest BCUT2D eigenvalue weighted by atomic mass is 9.88. The van der Waals surface area contributed by atoms with Crippen molar-refractivity contribution in [2.45, 2.75) is 20.3 Å². The largest absolute Gasteiger partial charge is 0.338 e. The van der Waals surface area contributed by atoms with Crippen molar-refractivity contribution in [2.75, 3.05) is 13.1 Å². The zero-order valence-corrected chi connectivity index (χ0v) is 12.0. The molecule has 0 bridgehead atoms. The van der Waals surface area contributed by atoms with Crippen LogP contribution in [0.1, 0.15) is 29.9 Å². The van der Waals surface area contributed by atoms with Crippen LogP contribution in [0.25, 0.3) is 0 Å². The summed E-state index contributed by atoms with van der Waals surface area (Å²) >= 11 is 4.94. The molecule has 2 rings (SSSR count). The van der Waals surface area contributed by atoms with E-state index in [9.17, 15) is 4.79 Å². The molecule has 1 fully saturated rings. The Labute approximate surface area is 109 Å². The molecule has 0 saturated carbocycles. The summed E-state index contributed by atoms with van der Waals surface area (Å²) in [7, 11) is 0. The Morgan fingerprint density at radius 1 is 1.50 bits per heavy atom. The van der Waals surface area contributed by atoms with Gasteiger partial charge in [-0.25, -0.2) is 0 Å². The normalized spacial score (nSPS) is 25.8. The van der Waals surface area contributed by atoms with Crippen molar-refractivity contribution in [1.29, 1.82) is 0 Å². The van der Waals surface area contributed by atoms with Crippen molar-refractivity contribution >= 4 is 33.2 Å². The molecule has 16 heavy (non-hydrogen) atoms. The molecule has 1 aromatic rings. The molecule has 2 unspecified atom stereocenters. The summed E-state index contributed by atoms with van der Waals surface area (Å²) in [6.07, 6.45) is 1.12. The number of halogens is 1. The van der Waals surface area contributed by atoms with Crippen molar-refractivity contribution in [3.63, 3.8) is 0 Å². The number of hydrogen-bond acceptors (Lipinski definition) is 2. The van der Waals surface area contributed by atoms with Crippen LogP contribution >= 0.6 is 27.3 Å². The fourth-order valence-corrected chi connectivity index (χ4v) is 3.55. The van der Waals surface area contributed by atoms with E-state index in [1.165, 1.54) is 11.3 Å². The van der Waals surface area contributed by atoms with Crippen LogP contribution in [0.2, 0.25) is 0 Å². The third-order valence-electron chi connectivity index (χ3n) is 3.43. The van der Waals surface area contributed by atoms with Gasteiger partial charge in [0.15, 0.2) is 0 Å². The molecule has 1 aromatic heterocycles. The quantitative estimate of drug-likeness (QED) is 0.776. The lowest BCUT2D eigenvalue weighted by molar-refractivity contribution is 0.0631. The minimum absolute atomic E-state index is 0.181. The van der Waals surface area contributed by atoms with E-state index in [4.69, 9.17) is 0 Å². The molecule has 0 aromatic carbocycles. The molecule has 0 spiro atoms. The molecule has 88 valence electrons. The van der Waals surface area contributed by atoms with E-state index >= 15 is 0 Å².